The number of benzene rings is 1. The highest BCUT2D eigenvalue weighted by molar-refractivity contribution is 5.73. The largest absolute Gasteiger partial charge is 0.507 e. The number of fused-ring (bicyclic) bond motifs is 2. The molecule has 2 saturated heterocycles. The molecule has 2 aromatic heterocycles. The molecule has 2 aliphatic heterocycles. The molecule has 5 rings (SSSR count). The van der Waals surface area contributed by atoms with Gasteiger partial charge in [0.2, 0.25) is 5.88 Å². The lowest BCUT2D eigenvalue weighted by Crippen LogP contribution is -2.66. The minimum Gasteiger partial charge on any atom is -0.507 e. The zero-order chi connectivity index (χ0) is 24.7. The summed E-state index contributed by atoms with van der Waals surface area (Å²) >= 11 is 0. The molecule has 2 N–H and O–H groups in total. The number of anilines is 1. The lowest BCUT2D eigenvalue weighted by molar-refractivity contribution is 0.0607. The molecule has 0 spiro atoms. The van der Waals surface area contributed by atoms with Crippen molar-refractivity contribution in [1.29, 1.82) is 0 Å². The number of hydrogen-bond acceptors (Lipinski definition) is 8. The van der Waals surface area contributed by atoms with Crippen LogP contribution in [0.1, 0.15) is 32.6 Å². The van der Waals surface area contributed by atoms with E-state index in [1.54, 1.807) is 12.1 Å². The first-order chi connectivity index (χ1) is 16.8. The van der Waals surface area contributed by atoms with Crippen LogP contribution in [0.3, 0.4) is 0 Å². The number of piperidine rings is 2. The summed E-state index contributed by atoms with van der Waals surface area (Å²) in [6.07, 6.45) is 5.15. The summed E-state index contributed by atoms with van der Waals surface area (Å²) in [5.41, 5.74) is 0.963. The molecule has 10 heteroatoms. The summed E-state index contributed by atoms with van der Waals surface area (Å²) in [5, 5.41) is 22.5. The molecule has 0 aliphatic carbocycles. The van der Waals surface area contributed by atoms with Crippen molar-refractivity contribution in [3.8, 4) is 34.1 Å². The van der Waals surface area contributed by atoms with Crippen molar-refractivity contribution in [2.75, 3.05) is 19.1 Å². The Morgan fingerprint density at radius 3 is 2.71 bits per heavy atom. The third-order valence-corrected chi connectivity index (χ3v) is 7.19. The van der Waals surface area contributed by atoms with E-state index in [0.29, 0.717) is 23.4 Å². The first-order valence-corrected chi connectivity index (χ1v) is 11.7. The second-order valence-electron chi connectivity index (χ2n) is 9.61. The van der Waals surface area contributed by atoms with Crippen LogP contribution < -0.4 is 15.0 Å². The molecule has 0 unspecified atom stereocenters. The van der Waals surface area contributed by atoms with E-state index >= 15 is 4.39 Å². The Morgan fingerprint density at radius 2 is 2.00 bits per heavy atom. The summed E-state index contributed by atoms with van der Waals surface area (Å²) in [7, 11) is 3.26. The predicted octanol–water partition coefficient (Wildman–Crippen LogP) is 3.90. The number of phenolic OH excluding ortho intramolecular Hbond substituents is 1. The average Bonchev–Trinajstić information content (AvgIpc) is 2.86. The van der Waals surface area contributed by atoms with Crippen LogP contribution in [0.15, 0.2) is 36.7 Å². The van der Waals surface area contributed by atoms with Gasteiger partial charge in [0, 0.05) is 30.3 Å². The third-order valence-electron chi connectivity index (χ3n) is 7.19. The number of ether oxygens (including phenoxy) is 1. The highest BCUT2D eigenvalue weighted by Crippen LogP contribution is 2.38. The van der Waals surface area contributed by atoms with Crippen LogP contribution in [-0.2, 0) is 0 Å². The van der Waals surface area contributed by atoms with Gasteiger partial charge in [0.1, 0.15) is 17.7 Å². The monoisotopic (exact) mass is 482 g/mol. The van der Waals surface area contributed by atoms with Crippen LogP contribution in [0, 0.1) is 5.82 Å². The van der Waals surface area contributed by atoms with Crippen LogP contribution in [0.5, 0.6) is 11.6 Å². The first kappa shape index (κ1) is 23.3. The van der Waals surface area contributed by atoms with E-state index in [-0.39, 0.29) is 40.6 Å². The van der Waals surface area contributed by atoms with Gasteiger partial charge in [-0.2, -0.15) is 0 Å². The van der Waals surface area contributed by atoms with Crippen LogP contribution in [-0.4, -0.2) is 63.2 Å². The fourth-order valence-electron chi connectivity index (χ4n) is 5.26. The molecule has 2 aliphatic rings. The molecule has 8 nitrogen and oxygen atoms in total. The zero-order valence-electron chi connectivity index (χ0n) is 19.9. The van der Waals surface area contributed by atoms with Gasteiger partial charge in [-0.3, -0.25) is 0 Å². The number of nitrogens with one attached hydrogen (secondary N) is 1. The standard InChI is InChI=1S/C25H28F2N6O2/c1-25-8-4-5-18(30-25)23(27)19(11-25)33(2)21-13-29-24(32-31-21)15-7-6-14(9-20(15)34)16-10-22(35-3)28-12-17(16)26/h6-7,9-10,12-13,18-19,23,30,34H,4-5,8,11H2,1-3H3/t18-,19-,23+,25-/m1/s1. The summed E-state index contributed by atoms with van der Waals surface area (Å²) in [6, 6.07) is 5.66. The van der Waals surface area contributed by atoms with Crippen LogP contribution >= 0.6 is 0 Å². The Bertz CT molecular complexity index is 1230. The van der Waals surface area contributed by atoms with Crippen molar-refractivity contribution < 1.29 is 18.6 Å². The molecule has 3 aromatic rings. The van der Waals surface area contributed by atoms with Crippen LogP contribution in [0.4, 0.5) is 14.6 Å². The third kappa shape index (κ3) is 4.38. The van der Waals surface area contributed by atoms with E-state index < -0.39 is 12.0 Å². The Balaban J connectivity index is 1.37. The number of aromatic hydroxyl groups is 1. The summed E-state index contributed by atoms with van der Waals surface area (Å²) in [4.78, 5) is 10.0. The molecule has 2 bridgehead atoms. The van der Waals surface area contributed by atoms with E-state index in [0.717, 1.165) is 25.5 Å². The lowest BCUT2D eigenvalue weighted by atomic mass is 9.74. The number of alkyl halides is 1. The fraction of sp³-hybridized carbons (Fsp3) is 0.440. The number of nitrogens with zero attached hydrogens (tertiary/aromatic N) is 5. The first-order valence-electron chi connectivity index (χ1n) is 11.7. The zero-order valence-corrected chi connectivity index (χ0v) is 19.9. The minimum atomic E-state index is -1.02. The Morgan fingerprint density at radius 1 is 1.17 bits per heavy atom. The number of hydrogen-bond donors (Lipinski definition) is 2. The predicted molar refractivity (Wildman–Crippen MR) is 128 cm³/mol. The second-order valence-corrected chi connectivity index (χ2v) is 9.61. The molecular formula is C25H28F2N6O2. The Labute approximate surface area is 202 Å². The SMILES string of the molecule is COc1cc(-c2ccc(-c3ncc(N(C)[C@@H]4C[C@@]5(C)CCC[C@@H](N5)[C@@H]4F)nn3)c(O)c2)c(F)cn1. The van der Waals surface area contributed by atoms with Gasteiger partial charge in [0.05, 0.1) is 31.1 Å². The number of methoxy groups -OCH3 is 1. The van der Waals surface area contributed by atoms with Gasteiger partial charge >= 0.3 is 0 Å². The van der Waals surface area contributed by atoms with Crippen molar-refractivity contribution in [3.63, 3.8) is 0 Å². The number of phenols is 1. The lowest BCUT2D eigenvalue weighted by Gasteiger charge is -2.51. The van der Waals surface area contributed by atoms with Gasteiger partial charge in [-0.15, -0.1) is 10.2 Å². The normalized spacial score (nSPS) is 25.8. The molecule has 2 fully saturated rings. The quantitative estimate of drug-likeness (QED) is 0.565. The van der Waals surface area contributed by atoms with E-state index in [9.17, 15) is 9.50 Å². The molecule has 4 heterocycles. The van der Waals surface area contributed by atoms with Gasteiger partial charge < -0.3 is 20.1 Å². The maximum absolute atomic E-state index is 15.2. The number of rotatable bonds is 5. The molecule has 1 aromatic carbocycles. The Hall–Kier alpha value is -3.40. The molecule has 4 atom stereocenters. The molecule has 0 saturated carbocycles. The smallest absolute Gasteiger partial charge is 0.213 e. The average molecular weight is 483 g/mol. The van der Waals surface area contributed by atoms with Crippen molar-refractivity contribution in [1.82, 2.24) is 25.5 Å². The molecule has 35 heavy (non-hydrogen) atoms. The summed E-state index contributed by atoms with van der Waals surface area (Å²) < 4.78 is 34.6. The topological polar surface area (TPSA) is 96.3 Å². The Kier molecular flexibility index (Phi) is 6.00. The van der Waals surface area contributed by atoms with E-state index in [1.165, 1.54) is 25.4 Å². The molecule has 0 radical (unpaired) electrons. The number of aromatic nitrogens is 4. The minimum absolute atomic E-state index is 0.0862. The van der Waals surface area contributed by atoms with Crippen molar-refractivity contribution >= 4 is 5.82 Å². The van der Waals surface area contributed by atoms with Gasteiger partial charge in [0.25, 0.3) is 0 Å². The molecule has 0 amide bonds. The van der Waals surface area contributed by atoms with E-state index in [1.807, 2.05) is 11.9 Å². The highest BCUT2D eigenvalue weighted by Gasteiger charge is 2.47. The summed E-state index contributed by atoms with van der Waals surface area (Å²) in [6.45, 7) is 2.15. The second kappa shape index (κ2) is 8.99. The molecule has 184 valence electrons. The number of pyridine rings is 1. The fourth-order valence-corrected chi connectivity index (χ4v) is 5.26. The van der Waals surface area contributed by atoms with Crippen molar-refractivity contribution in [3.05, 3.63) is 42.5 Å². The van der Waals surface area contributed by atoms with Gasteiger partial charge in [-0.1, -0.05) is 6.07 Å². The van der Waals surface area contributed by atoms with Crippen LogP contribution in [0.2, 0.25) is 0 Å². The van der Waals surface area contributed by atoms with Gasteiger partial charge in [-0.25, -0.2) is 18.7 Å². The maximum atomic E-state index is 15.2. The van der Waals surface area contributed by atoms with Gasteiger partial charge in [0.15, 0.2) is 11.6 Å². The van der Waals surface area contributed by atoms with Gasteiger partial charge in [-0.05, 0) is 50.3 Å². The van der Waals surface area contributed by atoms with Crippen LogP contribution in [0.25, 0.3) is 22.5 Å². The van der Waals surface area contributed by atoms with Crippen molar-refractivity contribution in [2.24, 2.45) is 0 Å². The van der Waals surface area contributed by atoms with Crippen molar-refractivity contribution in [2.45, 2.75) is 56.4 Å². The highest BCUT2D eigenvalue weighted by atomic mass is 19.1. The summed E-state index contributed by atoms with van der Waals surface area (Å²) in [5.74, 6) is 0.282. The van der Waals surface area contributed by atoms with E-state index in [4.69, 9.17) is 4.74 Å². The maximum Gasteiger partial charge on any atom is 0.213 e. The number of halogens is 2. The van der Waals surface area contributed by atoms with E-state index in [2.05, 4.69) is 32.4 Å². The molecular weight excluding hydrogens is 454 g/mol.